The summed E-state index contributed by atoms with van der Waals surface area (Å²) in [5.74, 6) is -0.887. The van der Waals surface area contributed by atoms with Crippen LogP contribution in [0.5, 0.6) is 0 Å². The highest BCUT2D eigenvalue weighted by Gasteiger charge is 2.15. The van der Waals surface area contributed by atoms with Gasteiger partial charge in [-0.25, -0.2) is 4.79 Å². The molecule has 0 fully saturated rings. The summed E-state index contributed by atoms with van der Waals surface area (Å²) in [7, 11) is 0. The molecule has 0 aliphatic heterocycles. The molecule has 1 aliphatic carbocycles. The van der Waals surface area contributed by atoms with E-state index in [1.165, 1.54) is 17.5 Å². The van der Waals surface area contributed by atoms with Crippen LogP contribution >= 0.6 is 0 Å². The number of esters is 1. The summed E-state index contributed by atoms with van der Waals surface area (Å²) in [6.45, 7) is -0.337. The molecule has 0 saturated carbocycles. The topological polar surface area (TPSA) is 79.2 Å². The van der Waals surface area contributed by atoms with Crippen LogP contribution in [0.25, 0.3) is 0 Å². The van der Waals surface area contributed by atoms with Gasteiger partial charge in [0.1, 0.15) is 0 Å². The maximum atomic E-state index is 12.2. The number of hydrogen-bond donors (Lipinski definition) is 1. The Morgan fingerprint density at radius 3 is 2.50 bits per heavy atom. The predicted octanol–water partition coefficient (Wildman–Crippen LogP) is 3.43. The zero-order chi connectivity index (χ0) is 18.4. The van der Waals surface area contributed by atoms with Gasteiger partial charge in [-0.3, -0.25) is 4.79 Å². The van der Waals surface area contributed by atoms with E-state index in [2.05, 4.69) is 11.4 Å². The van der Waals surface area contributed by atoms with E-state index in [1.54, 1.807) is 30.3 Å². The minimum absolute atomic E-state index is 0.326. The third kappa shape index (κ3) is 4.48. The minimum atomic E-state index is -0.488. The number of rotatable bonds is 5. The van der Waals surface area contributed by atoms with Crippen molar-refractivity contribution in [3.05, 3.63) is 64.7 Å². The Labute approximate surface area is 152 Å². The Hall–Kier alpha value is -3.13. The molecular weight excluding hydrogens is 328 g/mol. The van der Waals surface area contributed by atoms with E-state index in [1.807, 2.05) is 12.1 Å². The summed E-state index contributed by atoms with van der Waals surface area (Å²) in [5.41, 5.74) is 4.46. The summed E-state index contributed by atoms with van der Waals surface area (Å²) in [5, 5.41) is 11.3. The number of nitriles is 1. The maximum Gasteiger partial charge on any atom is 0.338 e. The second-order valence-corrected chi connectivity index (χ2v) is 6.35. The van der Waals surface area contributed by atoms with E-state index >= 15 is 0 Å². The van der Waals surface area contributed by atoms with Gasteiger partial charge in [0.25, 0.3) is 5.91 Å². The van der Waals surface area contributed by atoms with E-state index in [4.69, 9.17) is 10.00 Å². The van der Waals surface area contributed by atoms with Gasteiger partial charge < -0.3 is 10.1 Å². The van der Waals surface area contributed by atoms with Gasteiger partial charge in [-0.05, 0) is 66.6 Å². The second-order valence-electron chi connectivity index (χ2n) is 6.35. The molecule has 5 heteroatoms. The average Bonchev–Trinajstić information content (AvgIpc) is 2.67. The summed E-state index contributed by atoms with van der Waals surface area (Å²) in [6, 6.07) is 14.7. The highest BCUT2D eigenvalue weighted by Crippen LogP contribution is 2.22. The SMILES string of the molecule is N#CCc1ccc(NC(=O)COC(=O)c2ccc3c(c2)CCCC3)cc1. The van der Waals surface area contributed by atoms with Crippen molar-refractivity contribution in [1.82, 2.24) is 0 Å². The fourth-order valence-corrected chi connectivity index (χ4v) is 3.07. The number of carbonyl (C=O) groups is 2. The fraction of sp³-hybridized carbons (Fsp3) is 0.286. The van der Waals surface area contributed by atoms with Crippen LogP contribution in [0.3, 0.4) is 0 Å². The highest BCUT2D eigenvalue weighted by atomic mass is 16.5. The molecule has 0 atom stereocenters. The van der Waals surface area contributed by atoms with Gasteiger partial charge in [0.05, 0.1) is 18.1 Å². The standard InChI is InChI=1S/C21H20N2O3/c22-12-11-15-5-9-19(10-6-15)23-20(24)14-26-21(25)18-8-7-16-3-1-2-4-17(16)13-18/h5-10,13H,1-4,11,14H2,(H,23,24). The summed E-state index contributed by atoms with van der Waals surface area (Å²) < 4.78 is 5.12. The molecule has 0 radical (unpaired) electrons. The van der Waals surface area contributed by atoms with Crippen LogP contribution in [0, 0.1) is 11.3 Å². The van der Waals surface area contributed by atoms with Crippen molar-refractivity contribution in [2.24, 2.45) is 0 Å². The molecule has 1 amide bonds. The first-order valence-corrected chi connectivity index (χ1v) is 8.70. The average molecular weight is 348 g/mol. The van der Waals surface area contributed by atoms with Gasteiger partial charge in [-0.2, -0.15) is 5.26 Å². The van der Waals surface area contributed by atoms with Crippen LogP contribution in [0.4, 0.5) is 5.69 Å². The molecule has 0 unspecified atom stereocenters. The fourth-order valence-electron chi connectivity index (χ4n) is 3.07. The lowest BCUT2D eigenvalue weighted by Gasteiger charge is -2.16. The number of hydrogen-bond acceptors (Lipinski definition) is 4. The van der Waals surface area contributed by atoms with Crippen LogP contribution < -0.4 is 5.32 Å². The third-order valence-corrected chi connectivity index (χ3v) is 4.44. The molecule has 1 aliphatic rings. The van der Waals surface area contributed by atoms with Gasteiger partial charge in [0.2, 0.25) is 0 Å². The summed E-state index contributed by atoms with van der Waals surface area (Å²) >= 11 is 0. The third-order valence-electron chi connectivity index (χ3n) is 4.44. The van der Waals surface area contributed by atoms with E-state index in [-0.39, 0.29) is 6.61 Å². The second kappa shape index (κ2) is 8.30. The monoisotopic (exact) mass is 348 g/mol. The van der Waals surface area contributed by atoms with Crippen molar-refractivity contribution in [2.75, 3.05) is 11.9 Å². The molecule has 0 bridgehead atoms. The number of anilines is 1. The normalized spacial score (nSPS) is 12.6. The number of benzene rings is 2. The molecule has 1 N–H and O–H groups in total. The largest absolute Gasteiger partial charge is 0.452 e. The van der Waals surface area contributed by atoms with Crippen molar-refractivity contribution in [1.29, 1.82) is 5.26 Å². The van der Waals surface area contributed by atoms with Crippen LogP contribution in [-0.4, -0.2) is 18.5 Å². The van der Waals surface area contributed by atoms with E-state index in [9.17, 15) is 9.59 Å². The first-order valence-electron chi connectivity index (χ1n) is 8.70. The lowest BCUT2D eigenvalue weighted by molar-refractivity contribution is -0.119. The number of nitrogens with zero attached hydrogens (tertiary/aromatic N) is 1. The Balaban J connectivity index is 1.52. The lowest BCUT2D eigenvalue weighted by Crippen LogP contribution is -2.21. The Morgan fingerprint density at radius 1 is 1.04 bits per heavy atom. The molecule has 0 spiro atoms. The van der Waals surface area contributed by atoms with Crippen molar-refractivity contribution in [2.45, 2.75) is 32.1 Å². The maximum absolute atomic E-state index is 12.2. The molecule has 3 rings (SSSR count). The first-order chi connectivity index (χ1) is 12.7. The molecule has 26 heavy (non-hydrogen) atoms. The van der Waals surface area contributed by atoms with Gasteiger partial charge in [-0.1, -0.05) is 18.2 Å². The van der Waals surface area contributed by atoms with Gasteiger partial charge in [-0.15, -0.1) is 0 Å². The molecule has 2 aromatic rings. The van der Waals surface area contributed by atoms with Crippen LogP contribution in [-0.2, 0) is 28.8 Å². The van der Waals surface area contributed by atoms with E-state index < -0.39 is 11.9 Å². The molecule has 5 nitrogen and oxygen atoms in total. The molecule has 132 valence electrons. The Bertz CT molecular complexity index is 851. The highest BCUT2D eigenvalue weighted by molar-refractivity contribution is 5.95. The van der Waals surface area contributed by atoms with Crippen molar-refractivity contribution < 1.29 is 14.3 Å². The van der Waals surface area contributed by atoms with Crippen molar-refractivity contribution in [3.63, 3.8) is 0 Å². The quantitative estimate of drug-likeness (QED) is 0.840. The summed E-state index contributed by atoms with van der Waals surface area (Å²) in [4.78, 5) is 24.1. The van der Waals surface area contributed by atoms with Gasteiger partial charge in [0, 0.05) is 5.69 Å². The number of ether oxygens (including phenoxy) is 1. The molecule has 0 heterocycles. The predicted molar refractivity (Wildman–Crippen MR) is 97.8 cm³/mol. The number of nitrogens with one attached hydrogen (secondary N) is 1. The summed E-state index contributed by atoms with van der Waals surface area (Å²) in [6.07, 6.45) is 4.70. The Morgan fingerprint density at radius 2 is 1.77 bits per heavy atom. The van der Waals surface area contributed by atoms with Crippen LogP contribution in [0.15, 0.2) is 42.5 Å². The van der Waals surface area contributed by atoms with Gasteiger partial charge >= 0.3 is 5.97 Å². The lowest BCUT2D eigenvalue weighted by atomic mass is 9.90. The van der Waals surface area contributed by atoms with Crippen molar-refractivity contribution >= 4 is 17.6 Å². The van der Waals surface area contributed by atoms with Gasteiger partial charge in [0.15, 0.2) is 6.61 Å². The van der Waals surface area contributed by atoms with Crippen LogP contribution in [0.2, 0.25) is 0 Å². The molecule has 2 aromatic carbocycles. The zero-order valence-corrected chi connectivity index (χ0v) is 14.5. The van der Waals surface area contributed by atoms with Crippen molar-refractivity contribution in [3.8, 4) is 6.07 Å². The Kier molecular flexibility index (Phi) is 5.65. The van der Waals surface area contributed by atoms with Crippen LogP contribution in [0.1, 0.15) is 39.9 Å². The zero-order valence-electron chi connectivity index (χ0n) is 14.5. The van der Waals surface area contributed by atoms with E-state index in [0.29, 0.717) is 17.7 Å². The number of carbonyl (C=O) groups excluding carboxylic acids is 2. The first kappa shape index (κ1) is 17.7. The minimum Gasteiger partial charge on any atom is -0.452 e. The number of amides is 1. The number of fused-ring (bicyclic) bond motifs is 1. The van der Waals surface area contributed by atoms with E-state index in [0.717, 1.165) is 24.8 Å². The molecule has 0 saturated heterocycles. The number of aryl methyl sites for hydroxylation is 2. The molecular formula is C21H20N2O3. The smallest absolute Gasteiger partial charge is 0.338 e. The molecule has 0 aromatic heterocycles.